The van der Waals surface area contributed by atoms with Gasteiger partial charge in [-0.1, -0.05) is 0 Å². The number of rotatable bonds is 4. The molecule has 1 aliphatic carbocycles. The number of nitrogens with zero attached hydrogens (tertiary/aromatic N) is 2. The summed E-state index contributed by atoms with van der Waals surface area (Å²) in [5.74, 6) is 3.04. The lowest BCUT2D eigenvalue weighted by Gasteiger charge is -2.22. The van der Waals surface area contributed by atoms with Crippen LogP contribution in [0, 0.1) is 3.57 Å². The van der Waals surface area contributed by atoms with Crippen LogP contribution < -0.4 is 5.32 Å². The molecule has 0 radical (unpaired) electrons. The molecule has 0 spiro atoms. The molecular formula is C14H20IN3O. The molecule has 1 aromatic heterocycles. The summed E-state index contributed by atoms with van der Waals surface area (Å²) in [4.78, 5) is 9.61. The summed E-state index contributed by atoms with van der Waals surface area (Å²) < 4.78 is 6.79. The Kier molecular flexibility index (Phi) is 4.21. The Bertz CT molecular complexity index is 456. The fourth-order valence-electron chi connectivity index (χ4n) is 2.52. The monoisotopic (exact) mass is 373 g/mol. The lowest BCUT2D eigenvalue weighted by Crippen LogP contribution is -2.20. The largest absolute Gasteiger partial charge is 0.381 e. The van der Waals surface area contributed by atoms with Gasteiger partial charge in [-0.15, -0.1) is 0 Å². The minimum Gasteiger partial charge on any atom is -0.381 e. The van der Waals surface area contributed by atoms with E-state index in [0.29, 0.717) is 11.8 Å². The first-order valence-electron chi connectivity index (χ1n) is 7.18. The molecule has 0 aromatic carbocycles. The van der Waals surface area contributed by atoms with Gasteiger partial charge in [0.05, 0.1) is 15.9 Å². The van der Waals surface area contributed by atoms with Crippen molar-refractivity contribution >= 4 is 28.4 Å². The van der Waals surface area contributed by atoms with Crippen molar-refractivity contribution in [2.24, 2.45) is 0 Å². The fraction of sp³-hybridized carbons (Fsp3) is 0.714. The van der Waals surface area contributed by atoms with Crippen LogP contribution in [-0.4, -0.2) is 29.7 Å². The summed E-state index contributed by atoms with van der Waals surface area (Å²) in [6, 6.07) is 0. The van der Waals surface area contributed by atoms with E-state index in [2.05, 4.69) is 34.8 Å². The SMILES string of the molecule is CCNc1nc(C2CCCOC2)nc(C2CC2)c1I. The van der Waals surface area contributed by atoms with Gasteiger partial charge >= 0.3 is 0 Å². The Labute approximate surface area is 127 Å². The van der Waals surface area contributed by atoms with Gasteiger partial charge in [0.1, 0.15) is 11.6 Å². The third kappa shape index (κ3) is 3.02. The van der Waals surface area contributed by atoms with Crippen LogP contribution in [0.1, 0.15) is 56.0 Å². The number of ether oxygens (including phenoxy) is 1. The maximum atomic E-state index is 5.58. The molecule has 1 atom stereocenters. The molecule has 4 nitrogen and oxygen atoms in total. The highest BCUT2D eigenvalue weighted by Crippen LogP contribution is 2.42. The Balaban J connectivity index is 1.93. The standard InChI is InChI=1S/C14H20IN3O/c1-2-16-14-11(15)12(9-5-6-9)17-13(18-14)10-4-3-7-19-8-10/h9-10H,2-8H2,1H3,(H,16,17,18). The van der Waals surface area contributed by atoms with Gasteiger partial charge in [0.15, 0.2) is 0 Å². The van der Waals surface area contributed by atoms with Gasteiger partial charge < -0.3 is 10.1 Å². The summed E-state index contributed by atoms with van der Waals surface area (Å²) in [7, 11) is 0. The molecule has 19 heavy (non-hydrogen) atoms. The van der Waals surface area contributed by atoms with Crippen molar-refractivity contribution in [3.05, 3.63) is 15.1 Å². The summed E-state index contributed by atoms with van der Waals surface area (Å²) in [6.07, 6.45) is 4.82. The summed E-state index contributed by atoms with van der Waals surface area (Å²) in [6.45, 7) is 4.67. The molecular weight excluding hydrogens is 353 g/mol. The number of aromatic nitrogens is 2. The minimum absolute atomic E-state index is 0.376. The van der Waals surface area contributed by atoms with E-state index >= 15 is 0 Å². The quantitative estimate of drug-likeness (QED) is 0.823. The van der Waals surface area contributed by atoms with Crippen LogP contribution >= 0.6 is 22.6 Å². The van der Waals surface area contributed by atoms with E-state index in [1.54, 1.807) is 0 Å². The molecule has 3 rings (SSSR count). The molecule has 104 valence electrons. The summed E-state index contributed by atoms with van der Waals surface area (Å²) >= 11 is 2.39. The van der Waals surface area contributed by atoms with E-state index < -0.39 is 0 Å². The van der Waals surface area contributed by atoms with E-state index in [0.717, 1.165) is 44.2 Å². The highest BCUT2D eigenvalue weighted by atomic mass is 127. The van der Waals surface area contributed by atoms with Crippen molar-refractivity contribution in [3.63, 3.8) is 0 Å². The number of hydrogen-bond donors (Lipinski definition) is 1. The second-order valence-electron chi connectivity index (χ2n) is 5.35. The zero-order valence-corrected chi connectivity index (χ0v) is 13.4. The van der Waals surface area contributed by atoms with Crippen LogP contribution in [0.2, 0.25) is 0 Å². The van der Waals surface area contributed by atoms with Crippen LogP contribution in [0.4, 0.5) is 5.82 Å². The minimum atomic E-state index is 0.376. The molecule has 0 amide bonds. The van der Waals surface area contributed by atoms with Gasteiger partial charge in [-0.05, 0) is 55.2 Å². The maximum Gasteiger partial charge on any atom is 0.143 e. The smallest absolute Gasteiger partial charge is 0.143 e. The third-order valence-corrected chi connectivity index (χ3v) is 4.79. The van der Waals surface area contributed by atoms with E-state index in [9.17, 15) is 0 Å². The first-order valence-corrected chi connectivity index (χ1v) is 8.26. The zero-order valence-electron chi connectivity index (χ0n) is 11.3. The molecule has 1 saturated heterocycles. The van der Waals surface area contributed by atoms with Crippen LogP contribution in [0.3, 0.4) is 0 Å². The lowest BCUT2D eigenvalue weighted by atomic mass is 10.0. The van der Waals surface area contributed by atoms with Gasteiger partial charge in [-0.25, -0.2) is 9.97 Å². The first kappa shape index (κ1) is 13.5. The van der Waals surface area contributed by atoms with Gasteiger partial charge in [-0.3, -0.25) is 0 Å². The second-order valence-corrected chi connectivity index (χ2v) is 6.43. The molecule has 2 aliphatic rings. The third-order valence-electron chi connectivity index (χ3n) is 3.73. The van der Waals surface area contributed by atoms with Gasteiger partial charge in [0.25, 0.3) is 0 Å². The number of halogens is 1. The Hall–Kier alpha value is -0.430. The molecule has 1 aromatic rings. The number of anilines is 1. The van der Waals surface area contributed by atoms with Crippen molar-refractivity contribution in [2.75, 3.05) is 25.1 Å². The highest BCUT2D eigenvalue weighted by Gasteiger charge is 2.30. The van der Waals surface area contributed by atoms with E-state index in [4.69, 9.17) is 14.7 Å². The average molecular weight is 373 g/mol. The van der Waals surface area contributed by atoms with Crippen molar-refractivity contribution in [3.8, 4) is 0 Å². The van der Waals surface area contributed by atoms with E-state index in [1.165, 1.54) is 22.1 Å². The van der Waals surface area contributed by atoms with Crippen molar-refractivity contribution in [2.45, 2.75) is 44.4 Å². The number of nitrogens with one attached hydrogen (secondary N) is 1. The molecule has 1 unspecified atom stereocenters. The molecule has 5 heteroatoms. The number of hydrogen-bond acceptors (Lipinski definition) is 4. The fourth-order valence-corrected chi connectivity index (χ4v) is 3.39. The molecule has 1 saturated carbocycles. The van der Waals surface area contributed by atoms with Gasteiger partial charge in [0, 0.05) is 25.0 Å². The second kappa shape index (κ2) is 5.91. The van der Waals surface area contributed by atoms with Crippen molar-refractivity contribution in [1.82, 2.24) is 9.97 Å². The predicted octanol–water partition coefficient (Wildman–Crippen LogP) is 3.28. The Morgan fingerprint density at radius 3 is 2.74 bits per heavy atom. The Morgan fingerprint density at radius 1 is 1.26 bits per heavy atom. The molecule has 0 bridgehead atoms. The van der Waals surface area contributed by atoms with Gasteiger partial charge in [-0.2, -0.15) is 0 Å². The zero-order chi connectivity index (χ0) is 13.2. The van der Waals surface area contributed by atoms with E-state index in [1.807, 2.05) is 0 Å². The van der Waals surface area contributed by atoms with Crippen molar-refractivity contribution in [1.29, 1.82) is 0 Å². The average Bonchev–Trinajstić information content (AvgIpc) is 3.27. The van der Waals surface area contributed by atoms with Crippen LogP contribution in [0.15, 0.2) is 0 Å². The van der Waals surface area contributed by atoms with Crippen LogP contribution in [-0.2, 0) is 4.74 Å². The van der Waals surface area contributed by atoms with Crippen LogP contribution in [0.5, 0.6) is 0 Å². The summed E-state index contributed by atoms with van der Waals surface area (Å²) in [5, 5.41) is 3.38. The maximum absolute atomic E-state index is 5.58. The molecule has 2 fully saturated rings. The molecule has 1 N–H and O–H groups in total. The Morgan fingerprint density at radius 2 is 2.11 bits per heavy atom. The van der Waals surface area contributed by atoms with Crippen molar-refractivity contribution < 1.29 is 4.74 Å². The summed E-state index contributed by atoms with van der Waals surface area (Å²) in [5.41, 5.74) is 1.26. The van der Waals surface area contributed by atoms with Gasteiger partial charge in [0.2, 0.25) is 0 Å². The van der Waals surface area contributed by atoms with Crippen LogP contribution in [0.25, 0.3) is 0 Å². The highest BCUT2D eigenvalue weighted by molar-refractivity contribution is 14.1. The lowest BCUT2D eigenvalue weighted by molar-refractivity contribution is 0.0780. The molecule has 1 aliphatic heterocycles. The van der Waals surface area contributed by atoms with E-state index in [-0.39, 0.29) is 0 Å². The topological polar surface area (TPSA) is 47.0 Å². The molecule has 2 heterocycles. The predicted molar refractivity (Wildman–Crippen MR) is 83.7 cm³/mol. The normalized spacial score (nSPS) is 23.4. The first-order chi connectivity index (χ1) is 9.29.